The minimum absolute atomic E-state index is 0.0994. The Labute approximate surface area is 121 Å². The summed E-state index contributed by atoms with van der Waals surface area (Å²) in [6.45, 7) is 1.43. The van der Waals surface area contributed by atoms with Gasteiger partial charge in [-0.15, -0.1) is 11.3 Å². The molecule has 1 saturated heterocycles. The normalized spacial score (nSPS) is 28.1. The molecule has 0 radical (unpaired) electrons. The van der Waals surface area contributed by atoms with Crippen LogP contribution < -0.4 is 5.32 Å². The number of carbonyl (C=O) groups is 1. The van der Waals surface area contributed by atoms with Crippen LogP contribution in [0, 0.1) is 11.8 Å². The van der Waals surface area contributed by atoms with E-state index in [9.17, 15) is 4.79 Å². The van der Waals surface area contributed by atoms with Crippen molar-refractivity contribution in [1.29, 1.82) is 0 Å². The Morgan fingerprint density at radius 1 is 1.40 bits per heavy atom. The van der Waals surface area contributed by atoms with E-state index in [0.717, 1.165) is 25.0 Å². The van der Waals surface area contributed by atoms with Crippen molar-refractivity contribution >= 4 is 27.3 Å². The van der Waals surface area contributed by atoms with E-state index in [1.165, 1.54) is 10.1 Å². The monoisotopic (exact) mass is 287 g/mol. The summed E-state index contributed by atoms with van der Waals surface area (Å²) >= 11 is 1.74. The zero-order valence-corrected chi connectivity index (χ0v) is 12.0. The van der Waals surface area contributed by atoms with Gasteiger partial charge >= 0.3 is 0 Å². The van der Waals surface area contributed by atoms with E-state index in [-0.39, 0.29) is 17.9 Å². The second-order valence-corrected chi connectivity index (χ2v) is 6.63. The molecule has 1 aliphatic heterocycles. The molecule has 2 heterocycles. The van der Waals surface area contributed by atoms with Crippen LogP contribution in [-0.4, -0.2) is 18.6 Å². The first kappa shape index (κ1) is 12.4. The van der Waals surface area contributed by atoms with E-state index in [4.69, 9.17) is 4.74 Å². The fraction of sp³-hybridized carbons (Fsp3) is 0.438. The predicted octanol–water partition coefficient (Wildman–Crippen LogP) is 2.94. The number of thiophene rings is 1. The maximum absolute atomic E-state index is 12.2. The number of hydrogen-bond donors (Lipinski definition) is 1. The van der Waals surface area contributed by atoms with E-state index < -0.39 is 0 Å². The summed E-state index contributed by atoms with van der Waals surface area (Å²) in [4.78, 5) is 12.2. The van der Waals surface area contributed by atoms with Crippen molar-refractivity contribution in [2.75, 3.05) is 6.61 Å². The van der Waals surface area contributed by atoms with Crippen LogP contribution in [0.2, 0.25) is 0 Å². The van der Waals surface area contributed by atoms with E-state index in [1.807, 2.05) is 0 Å². The fourth-order valence-corrected chi connectivity index (χ4v) is 4.00. The molecule has 1 amide bonds. The molecule has 1 saturated carbocycles. The molecule has 0 unspecified atom stereocenters. The Morgan fingerprint density at radius 3 is 3.20 bits per heavy atom. The Morgan fingerprint density at radius 2 is 2.35 bits per heavy atom. The number of amides is 1. The minimum Gasteiger partial charge on any atom is -0.377 e. The van der Waals surface area contributed by atoms with Gasteiger partial charge < -0.3 is 10.1 Å². The van der Waals surface area contributed by atoms with Crippen molar-refractivity contribution in [2.24, 2.45) is 11.8 Å². The van der Waals surface area contributed by atoms with Crippen LogP contribution in [0.3, 0.4) is 0 Å². The SMILES string of the molecule is O=C(NCc1ccc2sccc2c1)[C@@H]1[C@H]2CCCO[C@H]21. The Kier molecular flexibility index (Phi) is 3.00. The average Bonchev–Trinajstić information content (AvgIpc) is 3.03. The molecule has 3 nitrogen and oxygen atoms in total. The number of ether oxygens (including phenoxy) is 1. The molecule has 1 aliphatic carbocycles. The van der Waals surface area contributed by atoms with Crippen molar-refractivity contribution in [3.05, 3.63) is 35.2 Å². The van der Waals surface area contributed by atoms with Crippen LogP contribution in [0.4, 0.5) is 0 Å². The van der Waals surface area contributed by atoms with Crippen molar-refractivity contribution in [3.8, 4) is 0 Å². The molecule has 1 N–H and O–H groups in total. The average molecular weight is 287 g/mol. The zero-order chi connectivity index (χ0) is 13.5. The quantitative estimate of drug-likeness (QED) is 0.942. The molecule has 1 aromatic heterocycles. The number of nitrogens with one attached hydrogen (secondary N) is 1. The van der Waals surface area contributed by atoms with Gasteiger partial charge in [-0.3, -0.25) is 4.79 Å². The highest BCUT2D eigenvalue weighted by atomic mass is 32.1. The first-order chi connectivity index (χ1) is 9.83. The van der Waals surface area contributed by atoms with Crippen LogP contribution in [0.1, 0.15) is 18.4 Å². The van der Waals surface area contributed by atoms with Gasteiger partial charge in [0.1, 0.15) is 0 Å². The molecule has 2 aromatic rings. The molecule has 4 rings (SSSR count). The lowest BCUT2D eigenvalue weighted by Crippen LogP contribution is -2.26. The van der Waals surface area contributed by atoms with Crippen LogP contribution in [0.15, 0.2) is 29.6 Å². The summed E-state index contributed by atoms with van der Waals surface area (Å²) in [5, 5.41) is 6.41. The lowest BCUT2D eigenvalue weighted by molar-refractivity contribution is -0.123. The van der Waals surface area contributed by atoms with Gasteiger partial charge in [0.2, 0.25) is 5.91 Å². The van der Waals surface area contributed by atoms with Gasteiger partial charge in [-0.2, -0.15) is 0 Å². The van der Waals surface area contributed by atoms with Gasteiger partial charge in [0.15, 0.2) is 0 Å². The maximum Gasteiger partial charge on any atom is 0.226 e. The van der Waals surface area contributed by atoms with E-state index >= 15 is 0 Å². The van der Waals surface area contributed by atoms with Crippen LogP contribution in [0.5, 0.6) is 0 Å². The Bertz CT molecular complexity index is 639. The highest BCUT2D eigenvalue weighted by molar-refractivity contribution is 7.17. The summed E-state index contributed by atoms with van der Waals surface area (Å²) in [7, 11) is 0. The first-order valence-electron chi connectivity index (χ1n) is 7.18. The molecule has 0 spiro atoms. The van der Waals surface area contributed by atoms with Gasteiger partial charge in [-0.1, -0.05) is 6.07 Å². The fourth-order valence-electron chi connectivity index (χ4n) is 3.23. The van der Waals surface area contributed by atoms with Crippen LogP contribution in [-0.2, 0) is 16.1 Å². The summed E-state index contributed by atoms with van der Waals surface area (Å²) in [6.07, 6.45) is 2.44. The summed E-state index contributed by atoms with van der Waals surface area (Å²) in [6, 6.07) is 8.49. The van der Waals surface area contributed by atoms with Crippen LogP contribution >= 0.6 is 11.3 Å². The smallest absolute Gasteiger partial charge is 0.226 e. The Balaban J connectivity index is 1.39. The standard InChI is InChI=1S/C16H17NO2S/c18-16(14-12-2-1-6-19-15(12)14)17-9-10-3-4-13-11(8-10)5-7-20-13/h3-5,7-8,12,14-15H,1-2,6,9H2,(H,17,18)/t12-,14-,15-/m1/s1. The molecule has 4 heteroatoms. The second-order valence-electron chi connectivity index (χ2n) is 5.68. The van der Waals surface area contributed by atoms with E-state index in [1.54, 1.807) is 11.3 Å². The minimum atomic E-state index is 0.0994. The number of fused-ring (bicyclic) bond motifs is 2. The summed E-state index contributed by atoms with van der Waals surface area (Å²) < 4.78 is 6.92. The van der Waals surface area contributed by atoms with Crippen LogP contribution in [0.25, 0.3) is 10.1 Å². The molecule has 20 heavy (non-hydrogen) atoms. The lowest BCUT2D eigenvalue weighted by atomic mass is 10.1. The van der Waals surface area contributed by atoms with E-state index in [0.29, 0.717) is 12.5 Å². The number of hydrogen-bond acceptors (Lipinski definition) is 3. The maximum atomic E-state index is 12.2. The van der Waals surface area contributed by atoms with Crippen molar-refractivity contribution in [1.82, 2.24) is 5.32 Å². The molecule has 1 aromatic carbocycles. The molecule has 2 aliphatic rings. The first-order valence-corrected chi connectivity index (χ1v) is 8.06. The Hall–Kier alpha value is -1.39. The molecular formula is C16H17NO2S. The van der Waals surface area contributed by atoms with Gasteiger partial charge in [0.05, 0.1) is 12.0 Å². The molecule has 3 atom stereocenters. The zero-order valence-electron chi connectivity index (χ0n) is 11.2. The lowest BCUT2D eigenvalue weighted by Gasteiger charge is -2.07. The number of rotatable bonds is 3. The third-order valence-corrected chi connectivity index (χ3v) is 5.27. The molecule has 0 bridgehead atoms. The van der Waals surface area contributed by atoms with Gasteiger partial charge in [0.25, 0.3) is 0 Å². The van der Waals surface area contributed by atoms with Crippen molar-refractivity contribution < 1.29 is 9.53 Å². The highest BCUT2D eigenvalue weighted by Gasteiger charge is 2.56. The largest absolute Gasteiger partial charge is 0.377 e. The topological polar surface area (TPSA) is 38.3 Å². The number of benzene rings is 1. The summed E-state index contributed by atoms with van der Waals surface area (Å²) in [5.74, 6) is 0.734. The van der Waals surface area contributed by atoms with Crippen molar-refractivity contribution in [3.63, 3.8) is 0 Å². The van der Waals surface area contributed by atoms with Crippen molar-refractivity contribution in [2.45, 2.75) is 25.5 Å². The third-order valence-electron chi connectivity index (χ3n) is 4.37. The molecule has 104 valence electrons. The number of carbonyl (C=O) groups excluding carboxylic acids is 1. The van der Waals surface area contributed by atoms with E-state index in [2.05, 4.69) is 35.0 Å². The molecule has 2 fully saturated rings. The van der Waals surface area contributed by atoms with Gasteiger partial charge in [-0.25, -0.2) is 0 Å². The van der Waals surface area contributed by atoms with Gasteiger partial charge in [-0.05, 0) is 47.4 Å². The molecular weight excluding hydrogens is 270 g/mol. The highest BCUT2D eigenvalue weighted by Crippen LogP contribution is 2.47. The van der Waals surface area contributed by atoms with Gasteiger partial charge in [0, 0.05) is 23.8 Å². The third kappa shape index (κ3) is 2.13. The summed E-state index contributed by atoms with van der Waals surface area (Å²) in [5.41, 5.74) is 1.16. The second kappa shape index (κ2) is 4.86. The predicted molar refractivity (Wildman–Crippen MR) is 79.6 cm³/mol.